The number of hydrogen-bond donors (Lipinski definition) is 0. The maximum atomic E-state index is 5.86. The summed E-state index contributed by atoms with van der Waals surface area (Å²) in [6, 6.07) is 6.43. The van der Waals surface area contributed by atoms with Crippen molar-refractivity contribution in [1.82, 2.24) is 0 Å². The Morgan fingerprint density at radius 1 is 1.21 bits per heavy atom. The molecule has 0 aliphatic carbocycles. The largest absolute Gasteiger partial charge is 0.457 e. The highest BCUT2D eigenvalue weighted by atomic mass is 79.9. The number of benzene rings is 1. The monoisotopic (exact) mass is 339 g/mol. The highest BCUT2D eigenvalue weighted by Crippen LogP contribution is 2.33. The zero-order valence-electron chi connectivity index (χ0n) is 12.1. The van der Waals surface area contributed by atoms with E-state index < -0.39 is 9.04 Å². The Hall–Kier alpha value is -0.583. The number of halogens is 1. The summed E-state index contributed by atoms with van der Waals surface area (Å²) in [6.45, 7) is 11.5. The second kappa shape index (κ2) is 5.42. The molecule has 2 aromatic rings. The van der Waals surface area contributed by atoms with Gasteiger partial charge in [0.05, 0.1) is 11.1 Å². The summed E-state index contributed by atoms with van der Waals surface area (Å²) in [4.78, 5) is 0. The van der Waals surface area contributed by atoms with Crippen LogP contribution in [0.2, 0.25) is 13.1 Å². The van der Waals surface area contributed by atoms with Crippen LogP contribution in [-0.2, 0) is 16.4 Å². The maximum Gasteiger partial charge on any atom is 0.205 e. The van der Waals surface area contributed by atoms with E-state index in [1.807, 2.05) is 0 Å². The summed E-state index contributed by atoms with van der Waals surface area (Å²) in [5, 5.41) is 1.14. The normalized spacial score (nSPS) is 12.6. The van der Waals surface area contributed by atoms with E-state index in [4.69, 9.17) is 8.84 Å². The first-order chi connectivity index (χ1) is 8.77. The van der Waals surface area contributed by atoms with Crippen molar-refractivity contribution in [2.24, 2.45) is 0 Å². The fourth-order valence-corrected chi connectivity index (χ4v) is 2.87. The van der Waals surface area contributed by atoms with Gasteiger partial charge in [-0.05, 0) is 58.2 Å². The molecule has 19 heavy (non-hydrogen) atoms. The van der Waals surface area contributed by atoms with E-state index in [1.54, 1.807) is 0 Å². The SMILES string of the molecule is C[Si](C)OCc1cc2cc(C(C)(C)C)cc(Br)c2o1. The van der Waals surface area contributed by atoms with Crippen molar-refractivity contribution >= 4 is 35.9 Å². The Bertz CT molecular complexity index is 582. The zero-order valence-corrected chi connectivity index (χ0v) is 14.7. The molecule has 103 valence electrons. The molecule has 1 radical (unpaired) electrons. The summed E-state index contributed by atoms with van der Waals surface area (Å²) < 4.78 is 12.6. The second-order valence-electron chi connectivity index (χ2n) is 6.04. The fourth-order valence-electron chi connectivity index (χ4n) is 1.88. The lowest BCUT2D eigenvalue weighted by molar-refractivity contribution is 0.280. The molecule has 0 bridgehead atoms. The van der Waals surface area contributed by atoms with Gasteiger partial charge in [0, 0.05) is 5.39 Å². The number of hydrogen-bond acceptors (Lipinski definition) is 2. The zero-order chi connectivity index (χ0) is 14.2. The lowest BCUT2D eigenvalue weighted by Gasteiger charge is -2.19. The van der Waals surface area contributed by atoms with Crippen LogP contribution in [0.25, 0.3) is 11.0 Å². The van der Waals surface area contributed by atoms with Crippen molar-refractivity contribution in [3.63, 3.8) is 0 Å². The van der Waals surface area contributed by atoms with Crippen LogP contribution in [0.15, 0.2) is 27.1 Å². The van der Waals surface area contributed by atoms with Crippen molar-refractivity contribution < 1.29 is 8.84 Å². The molecule has 0 saturated carbocycles. The molecule has 0 aliphatic rings. The highest BCUT2D eigenvalue weighted by Gasteiger charge is 2.17. The van der Waals surface area contributed by atoms with E-state index in [1.165, 1.54) is 5.56 Å². The van der Waals surface area contributed by atoms with Crippen LogP contribution in [-0.4, -0.2) is 9.04 Å². The molecule has 1 aromatic heterocycles. The van der Waals surface area contributed by atoms with Gasteiger partial charge in [-0.25, -0.2) is 0 Å². The van der Waals surface area contributed by atoms with Crippen molar-refractivity contribution in [2.45, 2.75) is 45.9 Å². The molecule has 2 nitrogen and oxygen atoms in total. The molecular weight excluding hydrogens is 320 g/mol. The molecule has 0 fully saturated rings. The summed E-state index contributed by atoms with van der Waals surface area (Å²) in [7, 11) is -0.682. The van der Waals surface area contributed by atoms with E-state index >= 15 is 0 Å². The Labute approximate surface area is 125 Å². The second-order valence-corrected chi connectivity index (χ2v) is 9.00. The topological polar surface area (TPSA) is 22.4 Å². The van der Waals surface area contributed by atoms with Gasteiger partial charge < -0.3 is 8.84 Å². The first kappa shape index (κ1) is 14.8. The van der Waals surface area contributed by atoms with Crippen molar-refractivity contribution in [2.75, 3.05) is 0 Å². The quantitative estimate of drug-likeness (QED) is 0.711. The van der Waals surface area contributed by atoms with Crippen molar-refractivity contribution in [3.8, 4) is 0 Å². The third kappa shape index (κ3) is 3.49. The van der Waals surface area contributed by atoms with Crippen LogP contribution in [0.4, 0.5) is 0 Å². The Balaban J connectivity index is 2.39. The number of rotatable bonds is 3. The van der Waals surface area contributed by atoms with E-state index in [-0.39, 0.29) is 5.41 Å². The van der Waals surface area contributed by atoms with Gasteiger partial charge in [0.1, 0.15) is 11.3 Å². The molecular formula is C15H20BrO2Si. The standard InChI is InChI=1S/C15H20BrO2Si/c1-15(2,3)11-6-10-7-12(9-17-19(4)5)18-14(10)13(16)8-11/h6-8H,9H2,1-5H3. The minimum atomic E-state index is -0.682. The lowest BCUT2D eigenvalue weighted by Crippen LogP contribution is -2.10. The van der Waals surface area contributed by atoms with Gasteiger partial charge in [-0.3, -0.25) is 0 Å². The van der Waals surface area contributed by atoms with Crippen LogP contribution in [0.1, 0.15) is 32.1 Å². The lowest BCUT2D eigenvalue weighted by atomic mass is 9.86. The first-order valence-corrected chi connectivity index (χ1v) is 9.63. The molecule has 1 heterocycles. The fraction of sp³-hybridized carbons (Fsp3) is 0.467. The number of furan rings is 1. The summed E-state index contributed by atoms with van der Waals surface area (Å²) in [6.07, 6.45) is 0. The van der Waals surface area contributed by atoms with Crippen molar-refractivity contribution in [1.29, 1.82) is 0 Å². The Morgan fingerprint density at radius 3 is 2.47 bits per heavy atom. The predicted molar refractivity (Wildman–Crippen MR) is 84.9 cm³/mol. The summed E-state index contributed by atoms with van der Waals surface area (Å²) in [5.41, 5.74) is 2.34. The van der Waals surface area contributed by atoms with Gasteiger partial charge in [-0.15, -0.1) is 0 Å². The Kier molecular flexibility index (Phi) is 4.23. The first-order valence-electron chi connectivity index (χ1n) is 6.43. The molecule has 0 spiro atoms. The van der Waals surface area contributed by atoms with Gasteiger partial charge in [-0.2, -0.15) is 0 Å². The highest BCUT2D eigenvalue weighted by molar-refractivity contribution is 9.10. The average Bonchev–Trinajstić information content (AvgIpc) is 2.68. The third-order valence-corrected chi connectivity index (χ3v) is 4.30. The van der Waals surface area contributed by atoms with Gasteiger partial charge in [-0.1, -0.05) is 20.8 Å². The molecule has 4 heteroatoms. The average molecular weight is 340 g/mol. The minimum absolute atomic E-state index is 0.133. The summed E-state index contributed by atoms with van der Waals surface area (Å²) in [5.74, 6) is 0.896. The van der Waals surface area contributed by atoms with Gasteiger partial charge >= 0.3 is 0 Å². The molecule has 0 atom stereocenters. The third-order valence-electron chi connectivity index (χ3n) is 2.99. The van der Waals surface area contributed by atoms with Crippen LogP contribution in [0.3, 0.4) is 0 Å². The maximum absolute atomic E-state index is 5.86. The molecule has 0 amide bonds. The van der Waals surface area contributed by atoms with Crippen LogP contribution < -0.4 is 0 Å². The number of fused-ring (bicyclic) bond motifs is 1. The molecule has 1 aromatic carbocycles. The van der Waals surface area contributed by atoms with E-state index in [2.05, 4.69) is 68.0 Å². The molecule has 0 N–H and O–H groups in total. The minimum Gasteiger partial charge on any atom is -0.457 e. The molecule has 0 saturated heterocycles. The molecule has 0 unspecified atom stereocenters. The van der Waals surface area contributed by atoms with E-state index in [0.717, 1.165) is 21.2 Å². The van der Waals surface area contributed by atoms with Crippen molar-refractivity contribution in [3.05, 3.63) is 34.0 Å². The molecule has 2 rings (SSSR count). The van der Waals surface area contributed by atoms with E-state index in [9.17, 15) is 0 Å². The van der Waals surface area contributed by atoms with Gasteiger partial charge in [0.2, 0.25) is 9.04 Å². The van der Waals surface area contributed by atoms with Gasteiger partial charge in [0.15, 0.2) is 0 Å². The predicted octanol–water partition coefficient (Wildman–Crippen LogP) is 5.26. The summed E-state index contributed by atoms with van der Waals surface area (Å²) >= 11 is 3.61. The van der Waals surface area contributed by atoms with Crippen LogP contribution in [0, 0.1) is 0 Å². The van der Waals surface area contributed by atoms with E-state index in [0.29, 0.717) is 6.61 Å². The van der Waals surface area contributed by atoms with Gasteiger partial charge in [0.25, 0.3) is 0 Å². The van der Waals surface area contributed by atoms with Crippen LogP contribution >= 0.6 is 15.9 Å². The molecule has 0 aliphatic heterocycles. The Morgan fingerprint density at radius 2 is 1.89 bits per heavy atom. The smallest absolute Gasteiger partial charge is 0.205 e. The van der Waals surface area contributed by atoms with Crippen LogP contribution in [0.5, 0.6) is 0 Å².